The van der Waals surface area contributed by atoms with Crippen molar-refractivity contribution in [2.75, 3.05) is 28.2 Å². The summed E-state index contributed by atoms with van der Waals surface area (Å²) >= 11 is 0. The molecule has 0 fully saturated rings. The van der Waals surface area contributed by atoms with Gasteiger partial charge in [-0.3, -0.25) is 4.72 Å². The van der Waals surface area contributed by atoms with Crippen molar-refractivity contribution in [1.82, 2.24) is 0 Å². The Morgan fingerprint density at radius 1 is 1.14 bits per heavy atom. The van der Waals surface area contributed by atoms with Crippen molar-refractivity contribution >= 4 is 31.3 Å². The zero-order valence-electron chi connectivity index (χ0n) is 13.7. The summed E-state index contributed by atoms with van der Waals surface area (Å²) in [6.07, 6.45) is 1.33. The maximum atomic E-state index is 11.9. The highest BCUT2D eigenvalue weighted by Gasteiger charge is 2.13. The van der Waals surface area contributed by atoms with Gasteiger partial charge in [-0.15, -0.1) is 0 Å². The van der Waals surface area contributed by atoms with Crippen LogP contribution in [0.1, 0.15) is 27.7 Å². The fourth-order valence-corrected chi connectivity index (χ4v) is 4.66. The number of hydrogen-bond donors (Lipinski definition) is 1. The van der Waals surface area contributed by atoms with Crippen molar-refractivity contribution in [2.24, 2.45) is 3.77 Å². The molecule has 1 unspecified atom stereocenters. The summed E-state index contributed by atoms with van der Waals surface area (Å²) in [4.78, 5) is 2.19. The van der Waals surface area contributed by atoms with E-state index in [0.29, 0.717) is 11.7 Å². The molecule has 0 radical (unpaired) electrons. The average Bonchev–Trinajstić information content (AvgIpc) is 2.39. The molecule has 126 valence electrons. The molecule has 8 heteroatoms. The molecule has 0 bridgehead atoms. The Bertz CT molecular complexity index is 703. The van der Waals surface area contributed by atoms with Gasteiger partial charge in [0, 0.05) is 30.3 Å². The summed E-state index contributed by atoms with van der Waals surface area (Å²) in [5, 5.41) is 0. The normalized spacial score (nSPS) is 14.5. The molecule has 0 aliphatic heterocycles. The van der Waals surface area contributed by atoms with Gasteiger partial charge in [-0.2, -0.15) is 8.42 Å². The van der Waals surface area contributed by atoms with Crippen molar-refractivity contribution in [2.45, 2.75) is 33.7 Å². The second-order valence-corrected chi connectivity index (χ2v) is 9.57. The number of benzene rings is 1. The molecule has 1 atom stereocenters. The Balaban J connectivity index is 2.98. The van der Waals surface area contributed by atoms with Crippen LogP contribution in [0.2, 0.25) is 0 Å². The maximum absolute atomic E-state index is 11.9. The van der Waals surface area contributed by atoms with Gasteiger partial charge in [-0.25, -0.2) is 4.21 Å². The topological polar surface area (TPSA) is 78.8 Å². The number of nitrogens with zero attached hydrogens (tertiary/aromatic N) is 2. The van der Waals surface area contributed by atoms with Crippen molar-refractivity contribution in [3.63, 3.8) is 0 Å². The lowest BCUT2D eigenvalue weighted by Gasteiger charge is -2.27. The van der Waals surface area contributed by atoms with Crippen LogP contribution in [-0.4, -0.2) is 37.2 Å². The van der Waals surface area contributed by atoms with Gasteiger partial charge in [0.25, 0.3) is 0 Å². The van der Waals surface area contributed by atoms with Crippen LogP contribution < -0.4 is 9.62 Å². The van der Waals surface area contributed by atoms with E-state index in [1.165, 1.54) is 6.26 Å². The van der Waals surface area contributed by atoms with E-state index in [0.717, 1.165) is 12.2 Å². The molecule has 1 rings (SSSR count). The molecule has 6 nitrogen and oxygen atoms in total. The molecule has 0 spiro atoms. The first-order valence-electron chi connectivity index (χ1n) is 7.20. The highest BCUT2D eigenvalue weighted by Crippen LogP contribution is 2.20. The lowest BCUT2D eigenvalue weighted by molar-refractivity contribution is 0.603. The molecule has 1 aromatic rings. The predicted octanol–water partition coefficient (Wildman–Crippen LogP) is 2.70. The molecule has 0 heterocycles. The third kappa shape index (κ3) is 5.49. The van der Waals surface area contributed by atoms with E-state index in [9.17, 15) is 12.6 Å². The Hall–Kier alpha value is -1.28. The first-order chi connectivity index (χ1) is 10.1. The van der Waals surface area contributed by atoms with E-state index in [1.807, 2.05) is 12.1 Å². The fraction of sp³-hybridized carbons (Fsp3) is 0.571. The van der Waals surface area contributed by atoms with Gasteiger partial charge in [0.05, 0.1) is 15.4 Å². The standard InChI is InChI=1S/C14H25N3O3S2/c1-6-17(12(3)4)14-10-8-13(9-11-14)15-22(19,20)16-21(5,18)7-2/h8-12,15H,6-7H2,1-5H3. The van der Waals surface area contributed by atoms with Crippen molar-refractivity contribution in [1.29, 1.82) is 0 Å². The third-order valence-electron chi connectivity index (χ3n) is 3.20. The van der Waals surface area contributed by atoms with Crippen LogP contribution in [0.15, 0.2) is 28.0 Å². The Morgan fingerprint density at radius 2 is 1.68 bits per heavy atom. The highest BCUT2D eigenvalue weighted by molar-refractivity contribution is 8.03. The first kappa shape index (κ1) is 18.8. The number of nitrogens with one attached hydrogen (secondary N) is 1. The monoisotopic (exact) mass is 347 g/mol. The largest absolute Gasteiger partial charge is 0.369 e. The summed E-state index contributed by atoms with van der Waals surface area (Å²) < 4.78 is 41.4. The molecule has 1 aromatic carbocycles. The first-order valence-corrected chi connectivity index (χ1v) is 10.7. The van der Waals surface area contributed by atoms with E-state index in [-0.39, 0.29) is 5.75 Å². The second kappa shape index (κ2) is 7.32. The molecule has 0 aromatic heterocycles. The van der Waals surface area contributed by atoms with Gasteiger partial charge >= 0.3 is 10.2 Å². The Kier molecular flexibility index (Phi) is 6.25. The average molecular weight is 348 g/mol. The van der Waals surface area contributed by atoms with Gasteiger partial charge < -0.3 is 4.90 Å². The van der Waals surface area contributed by atoms with Gasteiger partial charge in [-0.1, -0.05) is 10.7 Å². The van der Waals surface area contributed by atoms with Gasteiger partial charge in [-0.05, 0) is 45.0 Å². The summed E-state index contributed by atoms with van der Waals surface area (Å²) in [7, 11) is -6.69. The summed E-state index contributed by atoms with van der Waals surface area (Å²) in [5.74, 6) is 0.187. The maximum Gasteiger partial charge on any atom is 0.350 e. The molecule has 0 aliphatic rings. The van der Waals surface area contributed by atoms with Crippen LogP contribution >= 0.6 is 0 Å². The van der Waals surface area contributed by atoms with Crippen molar-refractivity contribution in [3.8, 4) is 0 Å². The number of hydrogen-bond acceptors (Lipinski definition) is 4. The van der Waals surface area contributed by atoms with E-state index < -0.39 is 19.9 Å². The number of rotatable bonds is 7. The van der Waals surface area contributed by atoms with Crippen LogP contribution in [0.4, 0.5) is 11.4 Å². The third-order valence-corrected chi connectivity index (χ3v) is 6.81. The van der Waals surface area contributed by atoms with E-state index in [1.54, 1.807) is 19.1 Å². The number of anilines is 2. The zero-order chi connectivity index (χ0) is 17.0. The predicted molar refractivity (Wildman–Crippen MR) is 94.2 cm³/mol. The van der Waals surface area contributed by atoms with Crippen LogP contribution in [0.25, 0.3) is 0 Å². The molecule has 22 heavy (non-hydrogen) atoms. The highest BCUT2D eigenvalue weighted by atomic mass is 32.3. The Labute approximate surface area is 134 Å². The molecule has 1 N–H and O–H groups in total. The minimum Gasteiger partial charge on any atom is -0.369 e. The Morgan fingerprint density at radius 3 is 2.09 bits per heavy atom. The molecule has 0 saturated carbocycles. The SMILES string of the molecule is CCN(c1ccc(NS(=O)(=O)N=S(C)(=O)CC)cc1)C(C)C. The minimum absolute atomic E-state index is 0.187. The van der Waals surface area contributed by atoms with Gasteiger partial charge in [0.2, 0.25) is 0 Å². The quantitative estimate of drug-likeness (QED) is 0.822. The lowest BCUT2D eigenvalue weighted by atomic mass is 10.2. The molecule has 0 saturated heterocycles. The van der Waals surface area contributed by atoms with Crippen LogP contribution in [0, 0.1) is 0 Å². The zero-order valence-corrected chi connectivity index (χ0v) is 15.4. The van der Waals surface area contributed by atoms with Gasteiger partial charge in [0.1, 0.15) is 0 Å². The lowest BCUT2D eigenvalue weighted by Crippen LogP contribution is -2.30. The van der Waals surface area contributed by atoms with E-state index in [4.69, 9.17) is 0 Å². The van der Waals surface area contributed by atoms with E-state index in [2.05, 4.69) is 34.2 Å². The molecule has 0 amide bonds. The summed E-state index contributed by atoms with van der Waals surface area (Å²) in [6, 6.07) is 7.42. The molecular weight excluding hydrogens is 322 g/mol. The molecule has 0 aliphatic carbocycles. The minimum atomic E-state index is -3.97. The fourth-order valence-electron chi connectivity index (χ4n) is 1.99. The van der Waals surface area contributed by atoms with E-state index >= 15 is 0 Å². The summed E-state index contributed by atoms with van der Waals surface area (Å²) in [6.45, 7) is 8.77. The smallest absolute Gasteiger partial charge is 0.350 e. The van der Waals surface area contributed by atoms with Crippen LogP contribution in [-0.2, 0) is 19.9 Å². The second-order valence-electron chi connectivity index (χ2n) is 5.33. The van der Waals surface area contributed by atoms with Gasteiger partial charge in [0.15, 0.2) is 0 Å². The van der Waals surface area contributed by atoms with Crippen molar-refractivity contribution in [3.05, 3.63) is 24.3 Å². The molecular formula is C14H25N3O3S2. The van der Waals surface area contributed by atoms with Crippen LogP contribution in [0.5, 0.6) is 0 Å². The summed E-state index contributed by atoms with van der Waals surface area (Å²) in [5.41, 5.74) is 1.42. The van der Waals surface area contributed by atoms with Crippen LogP contribution in [0.3, 0.4) is 0 Å². The van der Waals surface area contributed by atoms with Crippen molar-refractivity contribution < 1.29 is 12.6 Å².